The molecule has 0 fully saturated rings. The van der Waals surface area contributed by atoms with Crippen LogP contribution in [0.5, 0.6) is 11.5 Å². The number of hydrogen-bond acceptors (Lipinski definition) is 3. The number of nitrogens with zero attached hydrogens (tertiary/aromatic N) is 1. The monoisotopic (exact) mass is 241 g/mol. The Kier molecular flexibility index (Phi) is 3.38. The molecule has 0 N–H and O–H groups in total. The molecule has 0 amide bonds. The van der Waals surface area contributed by atoms with Gasteiger partial charge in [-0.3, -0.25) is 0 Å². The van der Waals surface area contributed by atoms with Gasteiger partial charge in [0.1, 0.15) is 23.1 Å². The van der Waals surface area contributed by atoms with E-state index in [1.165, 1.54) is 0 Å². The Morgan fingerprint density at radius 2 is 1.89 bits per heavy atom. The Morgan fingerprint density at radius 1 is 1.17 bits per heavy atom. The van der Waals surface area contributed by atoms with Crippen LogP contribution in [0.1, 0.15) is 18.1 Å². The standard InChI is InChI=1S/C15H15NO2/c1-4-10-14-11(12(9-16)15(10)18-3)7-5-6-8-13(14)17-2/h5-8H,4H2,1-3H3. The fourth-order valence-electron chi connectivity index (χ4n) is 2.34. The molecule has 2 rings (SSSR count). The van der Waals surface area contributed by atoms with Crippen molar-refractivity contribution >= 4 is 0 Å². The van der Waals surface area contributed by atoms with E-state index in [0.29, 0.717) is 11.3 Å². The molecule has 2 aliphatic rings. The topological polar surface area (TPSA) is 42.2 Å². The molecule has 0 atom stereocenters. The fourth-order valence-corrected chi connectivity index (χ4v) is 2.34. The Morgan fingerprint density at radius 3 is 2.44 bits per heavy atom. The highest BCUT2D eigenvalue weighted by Gasteiger charge is 2.25. The number of ether oxygens (including phenoxy) is 2. The lowest BCUT2D eigenvalue weighted by Gasteiger charge is -2.06. The summed E-state index contributed by atoms with van der Waals surface area (Å²) in [6.45, 7) is 2.05. The van der Waals surface area contributed by atoms with E-state index in [1.54, 1.807) is 14.2 Å². The molecule has 3 heteroatoms. The molecule has 0 aromatic carbocycles. The van der Waals surface area contributed by atoms with Crippen LogP contribution in [-0.2, 0) is 6.42 Å². The van der Waals surface area contributed by atoms with Crippen LogP contribution in [0.3, 0.4) is 0 Å². The average molecular weight is 241 g/mol. The van der Waals surface area contributed by atoms with E-state index in [-0.39, 0.29) is 0 Å². The molecular formula is C15H15NO2. The van der Waals surface area contributed by atoms with Crippen molar-refractivity contribution in [3.8, 4) is 28.7 Å². The number of methoxy groups -OCH3 is 2. The van der Waals surface area contributed by atoms with Gasteiger partial charge >= 0.3 is 0 Å². The van der Waals surface area contributed by atoms with Crippen LogP contribution in [0.25, 0.3) is 11.1 Å². The van der Waals surface area contributed by atoms with Crippen LogP contribution < -0.4 is 9.47 Å². The van der Waals surface area contributed by atoms with Gasteiger partial charge in [0, 0.05) is 16.7 Å². The van der Waals surface area contributed by atoms with E-state index >= 15 is 0 Å². The summed E-state index contributed by atoms with van der Waals surface area (Å²) < 4.78 is 10.8. The van der Waals surface area contributed by atoms with Crippen LogP contribution in [0, 0.1) is 11.3 Å². The third kappa shape index (κ3) is 1.67. The summed E-state index contributed by atoms with van der Waals surface area (Å²) in [4.78, 5) is 0. The zero-order valence-electron chi connectivity index (χ0n) is 10.8. The average Bonchev–Trinajstić information content (AvgIpc) is 2.55. The summed E-state index contributed by atoms with van der Waals surface area (Å²) in [5.74, 6) is 1.44. The van der Waals surface area contributed by atoms with Crippen LogP contribution in [-0.4, -0.2) is 14.2 Å². The minimum Gasteiger partial charge on any atom is -0.496 e. The minimum atomic E-state index is 0.582. The third-order valence-electron chi connectivity index (χ3n) is 3.10. The fraction of sp³-hybridized carbons (Fsp3) is 0.267. The Hall–Kier alpha value is -2.21. The molecular weight excluding hydrogens is 226 g/mol. The molecule has 0 aliphatic heterocycles. The molecule has 0 saturated carbocycles. The van der Waals surface area contributed by atoms with E-state index in [4.69, 9.17) is 9.47 Å². The van der Waals surface area contributed by atoms with E-state index in [1.807, 2.05) is 31.2 Å². The summed E-state index contributed by atoms with van der Waals surface area (Å²) in [6.07, 6.45) is 0.793. The maximum atomic E-state index is 9.33. The molecule has 0 bridgehead atoms. The second kappa shape index (κ2) is 4.97. The Bertz CT molecular complexity index is 584. The lowest BCUT2D eigenvalue weighted by atomic mass is 10.1. The van der Waals surface area contributed by atoms with Gasteiger partial charge in [0.2, 0.25) is 0 Å². The van der Waals surface area contributed by atoms with E-state index < -0.39 is 0 Å². The predicted octanol–water partition coefficient (Wildman–Crippen LogP) is 3.24. The van der Waals surface area contributed by atoms with Gasteiger partial charge in [-0.05, 0) is 12.5 Å². The lowest BCUT2D eigenvalue weighted by molar-refractivity contribution is 0.408. The van der Waals surface area contributed by atoms with Crippen molar-refractivity contribution in [1.29, 1.82) is 5.26 Å². The van der Waals surface area contributed by atoms with E-state index in [9.17, 15) is 5.26 Å². The smallest absolute Gasteiger partial charge is 0.141 e. The highest BCUT2D eigenvalue weighted by Crippen LogP contribution is 2.45. The number of rotatable bonds is 3. The van der Waals surface area contributed by atoms with E-state index in [0.717, 1.165) is 28.9 Å². The molecule has 0 saturated heterocycles. The van der Waals surface area contributed by atoms with Gasteiger partial charge in [0.15, 0.2) is 0 Å². The molecule has 0 aromatic heterocycles. The largest absolute Gasteiger partial charge is 0.496 e. The van der Waals surface area contributed by atoms with Gasteiger partial charge in [-0.2, -0.15) is 5.26 Å². The van der Waals surface area contributed by atoms with Crippen molar-refractivity contribution in [3.63, 3.8) is 0 Å². The summed E-state index contributed by atoms with van der Waals surface area (Å²) in [5, 5.41) is 9.33. The van der Waals surface area contributed by atoms with Crippen molar-refractivity contribution in [1.82, 2.24) is 0 Å². The van der Waals surface area contributed by atoms with Crippen molar-refractivity contribution in [2.45, 2.75) is 13.3 Å². The van der Waals surface area contributed by atoms with Crippen molar-refractivity contribution in [2.24, 2.45) is 0 Å². The van der Waals surface area contributed by atoms with Crippen LogP contribution in [0.15, 0.2) is 24.3 Å². The van der Waals surface area contributed by atoms with Gasteiger partial charge in [-0.25, -0.2) is 0 Å². The van der Waals surface area contributed by atoms with E-state index in [2.05, 4.69) is 6.07 Å². The van der Waals surface area contributed by atoms with Crippen LogP contribution in [0.2, 0.25) is 0 Å². The molecule has 18 heavy (non-hydrogen) atoms. The van der Waals surface area contributed by atoms with Gasteiger partial charge in [-0.15, -0.1) is 0 Å². The summed E-state index contributed by atoms with van der Waals surface area (Å²) in [5.41, 5.74) is 3.46. The molecule has 0 heterocycles. The van der Waals surface area contributed by atoms with Gasteiger partial charge in [0.05, 0.1) is 14.2 Å². The molecule has 92 valence electrons. The van der Waals surface area contributed by atoms with Crippen molar-refractivity contribution < 1.29 is 9.47 Å². The second-order valence-electron chi connectivity index (χ2n) is 3.93. The molecule has 0 spiro atoms. The first-order valence-electron chi connectivity index (χ1n) is 5.84. The van der Waals surface area contributed by atoms with Gasteiger partial charge in [-0.1, -0.05) is 25.1 Å². The molecule has 0 radical (unpaired) electrons. The van der Waals surface area contributed by atoms with Gasteiger partial charge < -0.3 is 9.47 Å². The summed E-state index contributed by atoms with van der Waals surface area (Å²) in [6, 6.07) is 9.88. The van der Waals surface area contributed by atoms with Gasteiger partial charge in [0.25, 0.3) is 0 Å². The SMILES string of the molecule is CCc1c(OC)c(C#N)c2ccccc(OC)c1-2. The summed E-state index contributed by atoms with van der Waals surface area (Å²) >= 11 is 0. The zero-order valence-corrected chi connectivity index (χ0v) is 10.8. The first kappa shape index (κ1) is 12.3. The maximum absolute atomic E-state index is 9.33. The molecule has 0 aromatic rings. The third-order valence-corrected chi connectivity index (χ3v) is 3.10. The molecule has 3 nitrogen and oxygen atoms in total. The number of hydrogen-bond donors (Lipinski definition) is 0. The lowest BCUT2D eigenvalue weighted by Crippen LogP contribution is -1.89. The Labute approximate surface area is 107 Å². The quantitative estimate of drug-likeness (QED) is 0.828. The highest BCUT2D eigenvalue weighted by atomic mass is 16.5. The zero-order chi connectivity index (χ0) is 13.1. The number of fused-ring (bicyclic) bond motifs is 1. The predicted molar refractivity (Wildman–Crippen MR) is 70.3 cm³/mol. The van der Waals surface area contributed by atoms with Crippen LogP contribution >= 0.6 is 0 Å². The Balaban J connectivity index is 2.91. The summed E-state index contributed by atoms with van der Waals surface area (Å²) in [7, 11) is 3.24. The maximum Gasteiger partial charge on any atom is 0.141 e. The van der Waals surface area contributed by atoms with Crippen molar-refractivity contribution in [3.05, 3.63) is 35.4 Å². The normalized spacial score (nSPS) is 10.1. The molecule has 0 unspecified atom stereocenters. The first-order chi connectivity index (χ1) is 8.78. The minimum absolute atomic E-state index is 0.582. The molecule has 2 aliphatic carbocycles. The van der Waals surface area contributed by atoms with Crippen LogP contribution in [0.4, 0.5) is 0 Å². The number of nitriles is 1. The highest BCUT2D eigenvalue weighted by molar-refractivity contribution is 5.87. The van der Waals surface area contributed by atoms with Crippen molar-refractivity contribution in [2.75, 3.05) is 14.2 Å². The first-order valence-corrected chi connectivity index (χ1v) is 5.84. The second-order valence-corrected chi connectivity index (χ2v) is 3.93.